The molecule has 2 aliphatic rings. The van der Waals surface area contributed by atoms with Gasteiger partial charge in [0.15, 0.2) is 35.7 Å². The van der Waals surface area contributed by atoms with Crippen molar-refractivity contribution < 1.29 is 57.4 Å². The predicted molar refractivity (Wildman–Crippen MR) is 140 cm³/mol. The smallest absolute Gasteiger partial charge is 0.235 e. The third-order valence-electron chi connectivity index (χ3n) is 7.51. The number of fused-ring (bicyclic) bond motifs is 6. The third kappa shape index (κ3) is 3.94. The zero-order chi connectivity index (χ0) is 26.0. The fourth-order valence-corrected chi connectivity index (χ4v) is 5.77. The zero-order valence-electron chi connectivity index (χ0n) is 21.4. The summed E-state index contributed by atoms with van der Waals surface area (Å²) >= 11 is 0. The zero-order valence-corrected chi connectivity index (χ0v) is 23.5. The number of carbonyl (C=O) groups is 1. The molecule has 0 saturated carbocycles. The van der Waals surface area contributed by atoms with Gasteiger partial charge in [-0.15, -0.1) is 0 Å². The van der Waals surface area contributed by atoms with Crippen LogP contribution >= 0.6 is 0 Å². The summed E-state index contributed by atoms with van der Waals surface area (Å²) in [6, 6.07) is 14.8. The second-order valence-electron chi connectivity index (χ2n) is 9.52. The van der Waals surface area contributed by atoms with Gasteiger partial charge < -0.3 is 48.0 Å². The minimum atomic E-state index is -0.0800. The van der Waals surface area contributed by atoms with Gasteiger partial charge in [0.1, 0.15) is 5.75 Å². The van der Waals surface area contributed by atoms with E-state index < -0.39 is 0 Å². The molecule has 0 bridgehead atoms. The summed E-state index contributed by atoms with van der Waals surface area (Å²) in [6.45, 7) is 0.944. The van der Waals surface area contributed by atoms with Crippen molar-refractivity contribution in [2.45, 2.75) is 19.4 Å². The van der Waals surface area contributed by atoms with E-state index in [-0.39, 0.29) is 48.8 Å². The molecule has 0 fully saturated rings. The summed E-state index contributed by atoms with van der Waals surface area (Å²) in [5, 5.41) is 12.5. The largest absolute Gasteiger partial charge is 1.00 e. The molecule has 8 nitrogen and oxygen atoms in total. The van der Waals surface area contributed by atoms with Crippen molar-refractivity contribution in [3.05, 3.63) is 72.1 Å². The highest BCUT2D eigenvalue weighted by atomic mass is 127. The van der Waals surface area contributed by atoms with Crippen molar-refractivity contribution >= 4 is 27.6 Å². The highest BCUT2D eigenvalue weighted by Gasteiger charge is 2.33. The Morgan fingerprint density at radius 3 is 2.64 bits per heavy atom. The fourth-order valence-electron chi connectivity index (χ4n) is 5.77. The molecular formula is C30H25IN2O6. The van der Waals surface area contributed by atoms with Crippen LogP contribution in [0.15, 0.2) is 60.9 Å². The molecule has 198 valence electrons. The molecule has 0 amide bonds. The average molecular weight is 636 g/mol. The summed E-state index contributed by atoms with van der Waals surface area (Å²) in [6.07, 6.45) is 4.81. The van der Waals surface area contributed by atoms with Crippen LogP contribution in [0.2, 0.25) is 0 Å². The summed E-state index contributed by atoms with van der Waals surface area (Å²) in [5.41, 5.74) is 4.81. The van der Waals surface area contributed by atoms with E-state index in [2.05, 4.69) is 16.8 Å². The molecule has 0 spiro atoms. The molecule has 3 aromatic carbocycles. The minimum Gasteiger partial charge on any atom is -1.00 e. The minimum absolute atomic E-state index is 0. The number of benzene rings is 3. The Balaban J connectivity index is 0.00000277. The molecule has 9 heteroatoms. The highest BCUT2D eigenvalue weighted by Crippen LogP contribution is 2.43. The lowest BCUT2D eigenvalue weighted by atomic mass is 9.89. The Kier molecular flexibility index (Phi) is 6.25. The van der Waals surface area contributed by atoms with Gasteiger partial charge in [0, 0.05) is 29.0 Å². The number of ether oxygens (including phenoxy) is 4. The fraction of sp³-hybridized carbons (Fsp3) is 0.200. The van der Waals surface area contributed by atoms with Crippen LogP contribution in [0.3, 0.4) is 0 Å². The highest BCUT2D eigenvalue weighted by molar-refractivity contribution is 6.00. The van der Waals surface area contributed by atoms with E-state index in [1.807, 2.05) is 24.3 Å². The van der Waals surface area contributed by atoms with Crippen LogP contribution < -0.4 is 47.5 Å². The van der Waals surface area contributed by atoms with Gasteiger partial charge in [-0.25, -0.2) is 0 Å². The van der Waals surface area contributed by atoms with Gasteiger partial charge in [0.2, 0.25) is 18.4 Å². The Labute approximate surface area is 241 Å². The van der Waals surface area contributed by atoms with Crippen LogP contribution in [0.5, 0.6) is 28.7 Å². The number of pyridine rings is 1. The first kappa shape index (κ1) is 25.3. The van der Waals surface area contributed by atoms with Crippen molar-refractivity contribution in [3.63, 3.8) is 0 Å². The number of carbonyl (C=O) groups excluding carboxylic acids is 1. The first-order chi connectivity index (χ1) is 18.6. The van der Waals surface area contributed by atoms with E-state index in [4.69, 9.17) is 18.9 Å². The third-order valence-corrected chi connectivity index (χ3v) is 7.51. The molecule has 0 atom stereocenters. The summed E-state index contributed by atoms with van der Waals surface area (Å²) in [4.78, 5) is 13.9. The van der Waals surface area contributed by atoms with Crippen molar-refractivity contribution in [1.29, 1.82) is 0 Å². The number of hydrogen-bond acceptors (Lipinski definition) is 6. The van der Waals surface area contributed by atoms with Crippen molar-refractivity contribution in [2.24, 2.45) is 0 Å². The molecule has 2 aromatic heterocycles. The van der Waals surface area contributed by atoms with Gasteiger partial charge in [-0.2, -0.15) is 4.57 Å². The average Bonchev–Trinajstić information content (AvgIpc) is 3.57. The number of methoxy groups -OCH3 is 2. The number of aryl methyl sites for hydroxylation is 2. The molecule has 0 aliphatic carbocycles. The molecule has 0 saturated heterocycles. The number of halogens is 1. The van der Waals surface area contributed by atoms with Crippen molar-refractivity contribution in [2.75, 3.05) is 21.0 Å². The molecule has 7 rings (SSSR count). The van der Waals surface area contributed by atoms with Crippen LogP contribution in [0.4, 0.5) is 0 Å². The number of nitrogens with zero attached hydrogens (tertiary/aromatic N) is 2. The van der Waals surface area contributed by atoms with Crippen LogP contribution in [-0.4, -0.2) is 36.6 Å². The topological polar surface area (TPSA) is 83.0 Å². The molecule has 39 heavy (non-hydrogen) atoms. The maximum absolute atomic E-state index is 13.9. The van der Waals surface area contributed by atoms with Crippen LogP contribution in [0.1, 0.15) is 15.9 Å². The standard InChI is InChI=1S/C30H24N2O6.HI/c1-35-25-6-4-20-22(14-28(34)32-10-8-18-11-19(33)3-5-24(18)32)29-21-13-27-26(37-16-38-27)12-17(21)7-9-31(29)15-23(20)30(25)36-2;/h3-6,8,10-13,15H,7,9,14,16H2,1-2H3;1H. The van der Waals surface area contributed by atoms with E-state index in [0.717, 1.165) is 62.8 Å². The van der Waals surface area contributed by atoms with Gasteiger partial charge in [0.25, 0.3) is 0 Å². The second kappa shape index (κ2) is 9.64. The maximum Gasteiger partial charge on any atom is 0.235 e. The van der Waals surface area contributed by atoms with E-state index in [9.17, 15) is 9.90 Å². The van der Waals surface area contributed by atoms with E-state index in [0.29, 0.717) is 17.2 Å². The lowest BCUT2D eigenvalue weighted by molar-refractivity contribution is -0.686. The lowest BCUT2D eigenvalue weighted by Crippen LogP contribution is -3.00. The SMILES string of the molecule is COc1ccc2c(CC(=O)n3ccc4cc(O)ccc43)c3[n+](cc2c1OC)CCc1cc2c(cc1-3)OCO2.[I-]. The number of phenolic OH excluding ortho intramolecular Hbond substituents is 1. The van der Waals surface area contributed by atoms with E-state index in [1.165, 1.54) is 0 Å². The monoisotopic (exact) mass is 636 g/mol. The Morgan fingerprint density at radius 1 is 1.03 bits per heavy atom. The van der Waals surface area contributed by atoms with E-state index >= 15 is 0 Å². The molecular weight excluding hydrogens is 611 g/mol. The Morgan fingerprint density at radius 2 is 1.85 bits per heavy atom. The van der Waals surface area contributed by atoms with Crippen LogP contribution in [0, 0.1) is 0 Å². The van der Waals surface area contributed by atoms with Crippen molar-refractivity contribution in [3.8, 4) is 40.0 Å². The number of phenols is 1. The van der Waals surface area contributed by atoms with Gasteiger partial charge in [-0.05, 0) is 54.1 Å². The number of hydrogen-bond donors (Lipinski definition) is 1. The van der Waals surface area contributed by atoms with Gasteiger partial charge in [0.05, 0.1) is 37.1 Å². The van der Waals surface area contributed by atoms with Crippen LogP contribution in [0.25, 0.3) is 32.9 Å². The second-order valence-corrected chi connectivity index (χ2v) is 9.52. The molecule has 5 aromatic rings. The number of aromatic nitrogens is 2. The quantitative estimate of drug-likeness (QED) is 0.239. The lowest BCUT2D eigenvalue weighted by Gasteiger charge is -2.21. The maximum atomic E-state index is 13.9. The van der Waals surface area contributed by atoms with E-state index in [1.54, 1.807) is 43.2 Å². The summed E-state index contributed by atoms with van der Waals surface area (Å²) < 4.78 is 26.6. The Bertz CT molecular complexity index is 1790. The summed E-state index contributed by atoms with van der Waals surface area (Å²) in [5.74, 6) is 2.81. The van der Waals surface area contributed by atoms with Crippen molar-refractivity contribution in [1.82, 2.24) is 4.57 Å². The molecule has 2 aliphatic heterocycles. The molecule has 0 unspecified atom stereocenters. The predicted octanol–water partition coefficient (Wildman–Crippen LogP) is 1.64. The normalized spacial score (nSPS) is 13.1. The summed E-state index contributed by atoms with van der Waals surface area (Å²) in [7, 11) is 3.25. The van der Waals surface area contributed by atoms with Gasteiger partial charge in [-0.1, -0.05) is 0 Å². The molecule has 0 radical (unpaired) electrons. The van der Waals surface area contributed by atoms with Crippen LogP contribution in [-0.2, 0) is 19.4 Å². The first-order valence-electron chi connectivity index (χ1n) is 12.4. The molecule has 1 N–H and O–H groups in total. The van der Waals surface area contributed by atoms with Gasteiger partial charge in [-0.3, -0.25) is 9.36 Å². The number of aromatic hydroxyl groups is 1. The Hall–Kier alpha value is -3.99. The first-order valence-corrected chi connectivity index (χ1v) is 12.4. The number of rotatable bonds is 4. The van der Waals surface area contributed by atoms with Gasteiger partial charge >= 0.3 is 0 Å². The molecule has 4 heterocycles.